The quantitative estimate of drug-likeness (QED) is 0.633. The van der Waals surface area contributed by atoms with Gasteiger partial charge >= 0.3 is 6.03 Å². The summed E-state index contributed by atoms with van der Waals surface area (Å²) in [4.78, 5) is 30.9. The summed E-state index contributed by atoms with van der Waals surface area (Å²) in [7, 11) is 0. The van der Waals surface area contributed by atoms with Crippen molar-refractivity contribution in [2.75, 3.05) is 18.4 Å². The number of carbonyl (C=O) groups excluding carboxylic acids is 2. The zero-order chi connectivity index (χ0) is 21.8. The van der Waals surface area contributed by atoms with Gasteiger partial charge in [-0.2, -0.15) is 0 Å². The summed E-state index contributed by atoms with van der Waals surface area (Å²) in [5.41, 5.74) is 3.79. The van der Waals surface area contributed by atoms with E-state index in [1.165, 1.54) is 5.56 Å². The minimum atomic E-state index is -0.248. The van der Waals surface area contributed by atoms with Gasteiger partial charge in [0.2, 0.25) is 5.91 Å². The second kappa shape index (κ2) is 9.20. The molecule has 2 aromatic heterocycles. The number of anilines is 1. The summed E-state index contributed by atoms with van der Waals surface area (Å²) >= 11 is 0. The van der Waals surface area contributed by atoms with Gasteiger partial charge in [-0.05, 0) is 48.2 Å². The van der Waals surface area contributed by atoms with Gasteiger partial charge in [-0.3, -0.25) is 4.79 Å². The van der Waals surface area contributed by atoms with Crippen LogP contribution in [0.25, 0.3) is 5.65 Å². The molecule has 7 heteroatoms. The van der Waals surface area contributed by atoms with Crippen molar-refractivity contribution in [1.29, 1.82) is 0 Å². The molecule has 1 aromatic carbocycles. The van der Waals surface area contributed by atoms with Crippen LogP contribution in [0.5, 0.6) is 0 Å². The summed E-state index contributed by atoms with van der Waals surface area (Å²) in [5.74, 6) is 0.700. The number of urea groups is 1. The monoisotopic (exact) mass is 419 g/mol. The molecule has 3 amide bonds. The number of amides is 3. The van der Waals surface area contributed by atoms with Gasteiger partial charge in [0.25, 0.3) is 0 Å². The first-order valence-electron chi connectivity index (χ1n) is 10.9. The molecule has 31 heavy (non-hydrogen) atoms. The van der Waals surface area contributed by atoms with Crippen LogP contribution in [0.2, 0.25) is 0 Å². The SMILES string of the molecule is CC[C@H](C)C(=O)N1CCC(c2ccc(NC(=O)NCc3ccn4ccnc4c3)cc2)C1. The van der Waals surface area contributed by atoms with E-state index in [1.807, 2.05) is 65.0 Å². The highest BCUT2D eigenvalue weighted by Gasteiger charge is 2.29. The van der Waals surface area contributed by atoms with Gasteiger partial charge in [0.05, 0.1) is 0 Å². The van der Waals surface area contributed by atoms with E-state index in [2.05, 4.69) is 22.5 Å². The predicted molar refractivity (Wildman–Crippen MR) is 121 cm³/mol. The van der Waals surface area contributed by atoms with E-state index in [0.29, 0.717) is 12.5 Å². The van der Waals surface area contributed by atoms with Gasteiger partial charge in [-0.15, -0.1) is 0 Å². The minimum absolute atomic E-state index is 0.0884. The molecule has 7 nitrogen and oxygen atoms in total. The van der Waals surface area contributed by atoms with Gasteiger partial charge in [0.15, 0.2) is 0 Å². The van der Waals surface area contributed by atoms with E-state index in [0.717, 1.165) is 42.8 Å². The van der Waals surface area contributed by atoms with Gasteiger partial charge in [0.1, 0.15) is 5.65 Å². The van der Waals surface area contributed by atoms with Crippen LogP contribution in [0.15, 0.2) is 55.0 Å². The highest BCUT2D eigenvalue weighted by molar-refractivity contribution is 5.89. The number of aromatic nitrogens is 2. The fourth-order valence-electron chi connectivity index (χ4n) is 3.98. The zero-order valence-electron chi connectivity index (χ0n) is 18.0. The molecule has 1 unspecified atom stereocenters. The summed E-state index contributed by atoms with van der Waals surface area (Å²) < 4.78 is 1.93. The minimum Gasteiger partial charge on any atom is -0.342 e. The fourth-order valence-corrected chi connectivity index (χ4v) is 3.98. The number of hydrogen-bond acceptors (Lipinski definition) is 3. The Morgan fingerprint density at radius 1 is 1.19 bits per heavy atom. The summed E-state index contributed by atoms with van der Waals surface area (Å²) in [6.07, 6.45) is 7.42. The van der Waals surface area contributed by atoms with Crippen molar-refractivity contribution in [2.45, 2.75) is 39.2 Å². The van der Waals surface area contributed by atoms with Crippen LogP contribution in [0, 0.1) is 5.92 Å². The number of pyridine rings is 1. The maximum atomic E-state index is 12.4. The number of benzene rings is 1. The van der Waals surface area contributed by atoms with Crippen molar-refractivity contribution >= 4 is 23.3 Å². The molecule has 0 bridgehead atoms. The van der Waals surface area contributed by atoms with E-state index in [9.17, 15) is 9.59 Å². The second-order valence-corrected chi connectivity index (χ2v) is 8.24. The van der Waals surface area contributed by atoms with E-state index >= 15 is 0 Å². The molecule has 3 heterocycles. The molecule has 0 spiro atoms. The molecule has 162 valence electrons. The van der Waals surface area contributed by atoms with Crippen molar-refractivity contribution < 1.29 is 9.59 Å². The second-order valence-electron chi connectivity index (χ2n) is 8.24. The molecule has 4 rings (SSSR count). The molecule has 0 aliphatic carbocycles. The Hall–Kier alpha value is -3.35. The number of imidazole rings is 1. The number of likely N-dealkylation sites (tertiary alicyclic amines) is 1. The van der Waals surface area contributed by atoms with Crippen LogP contribution in [0.1, 0.15) is 43.7 Å². The predicted octanol–water partition coefficient (Wildman–Crippen LogP) is 4.02. The first kappa shape index (κ1) is 20.9. The topological polar surface area (TPSA) is 78.7 Å². The van der Waals surface area contributed by atoms with Crippen molar-refractivity contribution in [3.8, 4) is 0 Å². The lowest BCUT2D eigenvalue weighted by Gasteiger charge is -2.20. The lowest BCUT2D eigenvalue weighted by Crippen LogP contribution is -2.32. The van der Waals surface area contributed by atoms with E-state index in [4.69, 9.17) is 0 Å². The van der Waals surface area contributed by atoms with Crippen LogP contribution in [0.4, 0.5) is 10.5 Å². The molecule has 2 N–H and O–H groups in total. The largest absolute Gasteiger partial charge is 0.342 e. The third-order valence-corrected chi connectivity index (χ3v) is 6.09. The Kier molecular flexibility index (Phi) is 6.21. The first-order valence-corrected chi connectivity index (χ1v) is 10.9. The van der Waals surface area contributed by atoms with Crippen LogP contribution in [-0.4, -0.2) is 39.3 Å². The van der Waals surface area contributed by atoms with Crippen molar-refractivity contribution in [3.05, 3.63) is 66.1 Å². The molecule has 0 radical (unpaired) electrons. The van der Waals surface area contributed by atoms with Gasteiger partial charge < -0.3 is 19.9 Å². The fraction of sp³-hybridized carbons (Fsp3) is 0.375. The summed E-state index contributed by atoms with van der Waals surface area (Å²) in [5, 5.41) is 5.75. The lowest BCUT2D eigenvalue weighted by atomic mass is 9.98. The first-order chi connectivity index (χ1) is 15.0. The standard InChI is InChI=1S/C24H29N5O2/c1-3-17(2)23(30)29-12-9-20(16-29)19-4-6-21(7-5-19)27-24(31)26-15-18-8-11-28-13-10-25-22(28)14-18/h4-8,10-11,13-14,17,20H,3,9,12,15-16H2,1-2H3,(H2,26,27,31)/t17-,20?/m0/s1. The van der Waals surface area contributed by atoms with Crippen molar-refractivity contribution in [2.24, 2.45) is 5.92 Å². The zero-order valence-corrected chi connectivity index (χ0v) is 18.0. The highest BCUT2D eigenvalue weighted by atomic mass is 16.2. The van der Waals surface area contributed by atoms with Crippen molar-refractivity contribution in [3.63, 3.8) is 0 Å². The summed E-state index contributed by atoms with van der Waals surface area (Å²) in [6, 6.07) is 11.6. The molecular formula is C24H29N5O2. The average molecular weight is 420 g/mol. The Morgan fingerprint density at radius 3 is 2.77 bits per heavy atom. The normalized spacial score (nSPS) is 17.0. The molecular weight excluding hydrogens is 390 g/mol. The third-order valence-electron chi connectivity index (χ3n) is 6.09. The van der Waals surface area contributed by atoms with Crippen LogP contribution < -0.4 is 10.6 Å². The van der Waals surface area contributed by atoms with E-state index in [-0.39, 0.29) is 17.9 Å². The Labute approximate surface area is 182 Å². The van der Waals surface area contributed by atoms with E-state index in [1.54, 1.807) is 6.20 Å². The maximum absolute atomic E-state index is 12.4. The van der Waals surface area contributed by atoms with Gasteiger partial charge in [-0.25, -0.2) is 9.78 Å². The molecule has 1 saturated heterocycles. The average Bonchev–Trinajstić information content (AvgIpc) is 3.46. The van der Waals surface area contributed by atoms with Crippen LogP contribution >= 0.6 is 0 Å². The van der Waals surface area contributed by atoms with Crippen LogP contribution in [-0.2, 0) is 11.3 Å². The van der Waals surface area contributed by atoms with Crippen molar-refractivity contribution in [1.82, 2.24) is 19.6 Å². The Morgan fingerprint density at radius 2 is 2.00 bits per heavy atom. The molecule has 1 fully saturated rings. The van der Waals surface area contributed by atoms with E-state index < -0.39 is 0 Å². The number of nitrogens with zero attached hydrogens (tertiary/aromatic N) is 3. The molecule has 2 atom stereocenters. The molecule has 1 aliphatic heterocycles. The number of nitrogens with one attached hydrogen (secondary N) is 2. The molecule has 3 aromatic rings. The van der Waals surface area contributed by atoms with Gasteiger partial charge in [-0.1, -0.05) is 26.0 Å². The summed E-state index contributed by atoms with van der Waals surface area (Å²) in [6.45, 7) is 6.07. The number of hydrogen-bond donors (Lipinski definition) is 2. The smallest absolute Gasteiger partial charge is 0.319 e. The number of fused-ring (bicyclic) bond motifs is 1. The Bertz CT molecular complexity index is 1060. The maximum Gasteiger partial charge on any atom is 0.319 e. The number of carbonyl (C=O) groups is 2. The Balaban J connectivity index is 1.28. The molecule has 0 saturated carbocycles. The molecule has 1 aliphatic rings. The van der Waals surface area contributed by atoms with Crippen LogP contribution in [0.3, 0.4) is 0 Å². The lowest BCUT2D eigenvalue weighted by molar-refractivity contribution is -0.134. The third kappa shape index (κ3) is 4.87. The van der Waals surface area contributed by atoms with Gasteiger partial charge in [0, 0.05) is 55.7 Å². The highest BCUT2D eigenvalue weighted by Crippen LogP contribution is 2.29. The number of rotatable bonds is 6.